The molecule has 1 aliphatic rings. The van der Waals surface area contributed by atoms with Crippen LogP contribution in [0.2, 0.25) is 0 Å². The zero-order chi connectivity index (χ0) is 12.7. The molecule has 0 bridgehead atoms. The lowest BCUT2D eigenvalue weighted by Crippen LogP contribution is -2.43. The summed E-state index contributed by atoms with van der Waals surface area (Å²) in [4.78, 5) is 15.8. The smallest absolute Gasteiger partial charge is 0.237 e. The molecule has 0 unspecified atom stereocenters. The third-order valence-corrected chi connectivity index (χ3v) is 3.10. The van der Waals surface area contributed by atoms with Crippen molar-refractivity contribution in [3.05, 3.63) is 25.3 Å². The van der Waals surface area contributed by atoms with Gasteiger partial charge in [0, 0.05) is 19.1 Å². The van der Waals surface area contributed by atoms with E-state index in [1.54, 1.807) is 17.1 Å². The minimum Gasteiger partial charge on any atom is -0.395 e. The molecule has 1 fully saturated rings. The third-order valence-electron chi connectivity index (χ3n) is 3.10. The van der Waals surface area contributed by atoms with Gasteiger partial charge >= 0.3 is 0 Å². The van der Waals surface area contributed by atoms with Gasteiger partial charge in [-0.05, 0) is 19.4 Å². The summed E-state index contributed by atoms with van der Waals surface area (Å²) in [7, 11) is 0. The number of carbonyl (C=O) groups is 1. The summed E-state index contributed by atoms with van der Waals surface area (Å²) in [5, 5.41) is 9.20. The van der Waals surface area contributed by atoms with Crippen LogP contribution < -0.4 is 0 Å². The van der Waals surface area contributed by atoms with Crippen molar-refractivity contribution in [2.45, 2.75) is 18.9 Å². The summed E-state index contributed by atoms with van der Waals surface area (Å²) in [5.41, 5.74) is 0. The molecule has 1 heterocycles. The van der Waals surface area contributed by atoms with Crippen molar-refractivity contribution in [2.24, 2.45) is 0 Å². The van der Waals surface area contributed by atoms with Gasteiger partial charge in [-0.25, -0.2) is 0 Å². The predicted octanol–water partition coefficient (Wildman–Crippen LogP) is 0.644. The molecule has 0 aromatic rings. The van der Waals surface area contributed by atoms with Crippen LogP contribution in [0.5, 0.6) is 0 Å². The third kappa shape index (κ3) is 3.98. The molecule has 0 aromatic heterocycles. The summed E-state index contributed by atoms with van der Waals surface area (Å²) >= 11 is 0. The van der Waals surface area contributed by atoms with Crippen molar-refractivity contribution in [2.75, 3.05) is 32.8 Å². The largest absolute Gasteiger partial charge is 0.395 e. The zero-order valence-corrected chi connectivity index (χ0v) is 10.3. The number of rotatable bonds is 7. The lowest BCUT2D eigenvalue weighted by atomic mass is 10.2. The molecule has 96 valence electrons. The van der Waals surface area contributed by atoms with Crippen LogP contribution in [0.3, 0.4) is 0 Å². The average Bonchev–Trinajstić information content (AvgIpc) is 2.76. The molecule has 0 aliphatic carbocycles. The lowest BCUT2D eigenvalue weighted by Gasteiger charge is -2.26. The first kappa shape index (κ1) is 13.9. The summed E-state index contributed by atoms with van der Waals surface area (Å²) in [6.45, 7) is 9.79. The highest BCUT2D eigenvalue weighted by atomic mass is 16.3. The fourth-order valence-corrected chi connectivity index (χ4v) is 2.17. The van der Waals surface area contributed by atoms with Crippen LogP contribution in [-0.4, -0.2) is 59.6 Å². The highest BCUT2D eigenvalue weighted by Crippen LogP contribution is 2.16. The molecule has 0 spiro atoms. The first-order valence-corrected chi connectivity index (χ1v) is 6.07. The molecule has 4 nitrogen and oxygen atoms in total. The summed E-state index contributed by atoms with van der Waals surface area (Å²) in [6.07, 6.45) is 5.47. The molecule has 1 rings (SSSR count). The van der Waals surface area contributed by atoms with Crippen molar-refractivity contribution >= 4 is 5.91 Å². The lowest BCUT2D eigenvalue weighted by molar-refractivity contribution is -0.131. The van der Waals surface area contributed by atoms with Crippen LogP contribution in [-0.2, 0) is 4.79 Å². The number of nitrogens with zero attached hydrogens (tertiary/aromatic N) is 2. The Morgan fingerprint density at radius 1 is 1.41 bits per heavy atom. The average molecular weight is 238 g/mol. The van der Waals surface area contributed by atoms with Gasteiger partial charge in [0.1, 0.15) is 0 Å². The van der Waals surface area contributed by atoms with Gasteiger partial charge < -0.3 is 10.0 Å². The first-order valence-electron chi connectivity index (χ1n) is 6.07. The van der Waals surface area contributed by atoms with Crippen LogP contribution in [0, 0.1) is 0 Å². The van der Waals surface area contributed by atoms with Crippen molar-refractivity contribution in [3.63, 3.8) is 0 Å². The maximum atomic E-state index is 12.0. The molecule has 1 atom stereocenters. The van der Waals surface area contributed by atoms with Gasteiger partial charge in [0.05, 0.1) is 13.2 Å². The van der Waals surface area contributed by atoms with Crippen LogP contribution in [0.4, 0.5) is 0 Å². The monoisotopic (exact) mass is 238 g/mol. The molecule has 1 saturated heterocycles. The molecule has 0 saturated carbocycles. The van der Waals surface area contributed by atoms with Crippen molar-refractivity contribution in [1.29, 1.82) is 0 Å². The topological polar surface area (TPSA) is 43.8 Å². The van der Waals surface area contributed by atoms with E-state index >= 15 is 0 Å². The Labute approximate surface area is 103 Å². The van der Waals surface area contributed by atoms with E-state index in [0.29, 0.717) is 19.6 Å². The van der Waals surface area contributed by atoms with Crippen LogP contribution in [0.15, 0.2) is 25.3 Å². The minimum absolute atomic E-state index is 0.0742. The Morgan fingerprint density at radius 3 is 2.59 bits per heavy atom. The molecular formula is C13H22N2O2. The quantitative estimate of drug-likeness (QED) is 0.662. The van der Waals surface area contributed by atoms with E-state index in [1.807, 2.05) is 0 Å². The zero-order valence-electron chi connectivity index (χ0n) is 10.3. The van der Waals surface area contributed by atoms with Gasteiger partial charge in [-0.15, -0.1) is 13.2 Å². The molecule has 4 heteroatoms. The van der Waals surface area contributed by atoms with Crippen molar-refractivity contribution in [3.8, 4) is 0 Å². The van der Waals surface area contributed by atoms with Crippen molar-refractivity contribution in [1.82, 2.24) is 9.80 Å². The molecular weight excluding hydrogens is 216 g/mol. The van der Waals surface area contributed by atoms with Crippen LogP contribution in [0.1, 0.15) is 12.8 Å². The Kier molecular flexibility index (Phi) is 5.94. The summed E-state index contributed by atoms with van der Waals surface area (Å²) in [5.74, 6) is 0.0742. The van der Waals surface area contributed by atoms with Crippen LogP contribution >= 0.6 is 0 Å². The molecule has 1 N–H and O–H groups in total. The SMILES string of the molecule is C=CCN(CC=C)C(=O)CN1CCC[C@H]1CO. The van der Waals surface area contributed by atoms with Crippen molar-refractivity contribution < 1.29 is 9.90 Å². The van der Waals surface area contributed by atoms with E-state index in [-0.39, 0.29) is 18.6 Å². The summed E-state index contributed by atoms with van der Waals surface area (Å²) in [6, 6.07) is 0.147. The Morgan fingerprint density at radius 2 is 2.06 bits per heavy atom. The fraction of sp³-hybridized carbons (Fsp3) is 0.615. The minimum atomic E-state index is 0.0742. The maximum Gasteiger partial charge on any atom is 0.237 e. The number of likely N-dealkylation sites (tertiary alicyclic amines) is 1. The van der Waals surface area contributed by atoms with E-state index in [1.165, 1.54) is 0 Å². The second-order valence-electron chi connectivity index (χ2n) is 4.33. The molecule has 1 aliphatic heterocycles. The second kappa shape index (κ2) is 7.25. The molecule has 0 aromatic carbocycles. The number of aliphatic hydroxyl groups is 1. The number of aliphatic hydroxyl groups excluding tert-OH is 1. The molecule has 17 heavy (non-hydrogen) atoms. The first-order chi connectivity index (χ1) is 8.22. The van der Waals surface area contributed by atoms with E-state index in [4.69, 9.17) is 0 Å². The van der Waals surface area contributed by atoms with Gasteiger partial charge in [0.25, 0.3) is 0 Å². The normalized spacial score (nSPS) is 20.2. The second-order valence-corrected chi connectivity index (χ2v) is 4.33. The predicted molar refractivity (Wildman–Crippen MR) is 68.7 cm³/mol. The maximum absolute atomic E-state index is 12.0. The fourth-order valence-electron chi connectivity index (χ4n) is 2.17. The number of amides is 1. The van der Waals surface area contributed by atoms with E-state index in [2.05, 4.69) is 18.1 Å². The van der Waals surface area contributed by atoms with Crippen LogP contribution in [0.25, 0.3) is 0 Å². The number of carbonyl (C=O) groups excluding carboxylic acids is 1. The van der Waals surface area contributed by atoms with E-state index in [0.717, 1.165) is 19.4 Å². The summed E-state index contributed by atoms with van der Waals surface area (Å²) < 4.78 is 0. The molecule has 1 amide bonds. The highest BCUT2D eigenvalue weighted by molar-refractivity contribution is 5.78. The van der Waals surface area contributed by atoms with Gasteiger partial charge in [0.2, 0.25) is 5.91 Å². The molecule has 0 radical (unpaired) electrons. The highest BCUT2D eigenvalue weighted by Gasteiger charge is 2.26. The van der Waals surface area contributed by atoms with Gasteiger partial charge in [-0.2, -0.15) is 0 Å². The van der Waals surface area contributed by atoms with E-state index < -0.39 is 0 Å². The number of hydrogen-bond acceptors (Lipinski definition) is 3. The number of hydrogen-bond donors (Lipinski definition) is 1. The Hall–Kier alpha value is -1.13. The van der Waals surface area contributed by atoms with E-state index in [9.17, 15) is 9.90 Å². The Bertz CT molecular complexity index is 269. The van der Waals surface area contributed by atoms with Gasteiger partial charge in [0.15, 0.2) is 0 Å². The van der Waals surface area contributed by atoms with Gasteiger partial charge in [-0.3, -0.25) is 9.69 Å². The standard InChI is InChI=1S/C13H22N2O2/c1-3-7-14(8-4-2)13(17)10-15-9-5-6-12(15)11-16/h3-4,12,16H,1-2,5-11H2/t12-/m0/s1. The van der Waals surface area contributed by atoms with Gasteiger partial charge in [-0.1, -0.05) is 12.2 Å². The Balaban J connectivity index is 2.50.